The standard InChI is InChI=1S/C13H16N2O3/c1-2-6-15-11(16)7-10(13(17)18)12(15)9-4-3-5-14-8-9/h3-5,8,10,12H,2,6-7H2,1H3,(H,17,18). The van der Waals surface area contributed by atoms with Gasteiger partial charge in [0.2, 0.25) is 5.91 Å². The number of carboxylic acids is 1. The first-order valence-electron chi connectivity index (χ1n) is 6.07. The maximum Gasteiger partial charge on any atom is 0.309 e. The number of carbonyl (C=O) groups excluding carboxylic acids is 1. The van der Waals surface area contributed by atoms with Gasteiger partial charge in [0.05, 0.1) is 12.0 Å². The molecule has 0 spiro atoms. The summed E-state index contributed by atoms with van der Waals surface area (Å²) in [4.78, 5) is 28.9. The van der Waals surface area contributed by atoms with Crippen LogP contribution in [0.15, 0.2) is 24.5 Å². The third kappa shape index (κ3) is 2.20. The third-order valence-corrected chi connectivity index (χ3v) is 3.24. The Morgan fingerprint density at radius 2 is 2.39 bits per heavy atom. The van der Waals surface area contributed by atoms with Gasteiger partial charge < -0.3 is 10.0 Å². The summed E-state index contributed by atoms with van der Waals surface area (Å²) in [5, 5.41) is 9.25. The molecule has 96 valence electrons. The number of carboxylic acid groups (broad SMARTS) is 1. The summed E-state index contributed by atoms with van der Waals surface area (Å²) in [7, 11) is 0. The molecular weight excluding hydrogens is 232 g/mol. The van der Waals surface area contributed by atoms with E-state index >= 15 is 0 Å². The molecule has 1 amide bonds. The largest absolute Gasteiger partial charge is 0.481 e. The summed E-state index contributed by atoms with van der Waals surface area (Å²) in [6.07, 6.45) is 4.17. The van der Waals surface area contributed by atoms with Crippen molar-refractivity contribution in [3.8, 4) is 0 Å². The molecule has 1 N–H and O–H groups in total. The lowest BCUT2D eigenvalue weighted by Gasteiger charge is -2.26. The maximum atomic E-state index is 11.9. The van der Waals surface area contributed by atoms with Gasteiger partial charge in [0.15, 0.2) is 0 Å². The Morgan fingerprint density at radius 1 is 1.61 bits per heavy atom. The molecule has 1 aromatic heterocycles. The Morgan fingerprint density at radius 3 is 2.94 bits per heavy atom. The van der Waals surface area contributed by atoms with Crippen molar-refractivity contribution >= 4 is 11.9 Å². The first-order valence-corrected chi connectivity index (χ1v) is 6.07. The molecule has 0 radical (unpaired) electrons. The Labute approximate surface area is 105 Å². The molecule has 1 aromatic rings. The second-order valence-corrected chi connectivity index (χ2v) is 4.47. The van der Waals surface area contributed by atoms with Crippen molar-refractivity contribution in [3.05, 3.63) is 30.1 Å². The highest BCUT2D eigenvalue weighted by Crippen LogP contribution is 2.37. The number of hydrogen-bond acceptors (Lipinski definition) is 3. The Balaban J connectivity index is 2.36. The first kappa shape index (κ1) is 12.5. The molecule has 5 heteroatoms. The minimum atomic E-state index is -0.921. The zero-order valence-electron chi connectivity index (χ0n) is 10.2. The average Bonchev–Trinajstić information content (AvgIpc) is 2.69. The van der Waals surface area contributed by atoms with Gasteiger partial charge in [-0.2, -0.15) is 0 Å². The van der Waals surface area contributed by atoms with Crippen LogP contribution in [0, 0.1) is 5.92 Å². The molecule has 2 heterocycles. The topological polar surface area (TPSA) is 70.5 Å². The van der Waals surface area contributed by atoms with Crippen molar-refractivity contribution in [1.29, 1.82) is 0 Å². The lowest BCUT2D eigenvalue weighted by molar-refractivity contribution is -0.142. The molecular formula is C13H16N2O3. The molecule has 1 aliphatic rings. The van der Waals surface area contributed by atoms with Crippen LogP contribution in [0.3, 0.4) is 0 Å². The number of amides is 1. The van der Waals surface area contributed by atoms with Gasteiger partial charge in [0.25, 0.3) is 0 Å². The van der Waals surface area contributed by atoms with Crippen molar-refractivity contribution in [2.24, 2.45) is 5.92 Å². The SMILES string of the molecule is CCCN1C(=O)CC(C(=O)O)C1c1cccnc1. The van der Waals surface area contributed by atoms with Crippen LogP contribution in [0.25, 0.3) is 0 Å². The highest BCUT2D eigenvalue weighted by molar-refractivity contribution is 5.87. The van der Waals surface area contributed by atoms with E-state index in [1.54, 1.807) is 23.4 Å². The second kappa shape index (κ2) is 5.16. The molecule has 5 nitrogen and oxygen atoms in total. The van der Waals surface area contributed by atoms with Gasteiger partial charge in [0, 0.05) is 25.4 Å². The van der Waals surface area contributed by atoms with Gasteiger partial charge in [-0.15, -0.1) is 0 Å². The Kier molecular flexibility index (Phi) is 3.60. The lowest BCUT2D eigenvalue weighted by atomic mass is 9.95. The molecule has 0 saturated carbocycles. The third-order valence-electron chi connectivity index (χ3n) is 3.24. The van der Waals surface area contributed by atoms with Crippen LogP contribution in [0.2, 0.25) is 0 Å². The number of likely N-dealkylation sites (tertiary alicyclic amines) is 1. The quantitative estimate of drug-likeness (QED) is 0.875. The van der Waals surface area contributed by atoms with E-state index < -0.39 is 11.9 Å². The zero-order chi connectivity index (χ0) is 13.1. The van der Waals surface area contributed by atoms with Crippen LogP contribution in [-0.2, 0) is 9.59 Å². The van der Waals surface area contributed by atoms with Crippen molar-refractivity contribution in [2.45, 2.75) is 25.8 Å². The van der Waals surface area contributed by atoms with Gasteiger partial charge in [0.1, 0.15) is 0 Å². The number of pyridine rings is 1. The summed E-state index contributed by atoms with van der Waals surface area (Å²) >= 11 is 0. The van der Waals surface area contributed by atoms with Gasteiger partial charge in [-0.05, 0) is 18.1 Å². The molecule has 1 fully saturated rings. The Bertz CT molecular complexity index is 447. The summed E-state index contributed by atoms with van der Waals surface area (Å²) in [6.45, 7) is 2.56. The van der Waals surface area contributed by atoms with Crippen LogP contribution in [0.1, 0.15) is 31.4 Å². The zero-order valence-corrected chi connectivity index (χ0v) is 10.2. The highest BCUT2D eigenvalue weighted by Gasteiger charge is 2.44. The molecule has 2 rings (SSSR count). The average molecular weight is 248 g/mol. The molecule has 0 bridgehead atoms. The van der Waals surface area contributed by atoms with E-state index in [-0.39, 0.29) is 18.4 Å². The molecule has 18 heavy (non-hydrogen) atoms. The summed E-state index contributed by atoms with van der Waals surface area (Å²) in [6, 6.07) is 3.21. The van der Waals surface area contributed by atoms with Crippen LogP contribution >= 0.6 is 0 Å². The van der Waals surface area contributed by atoms with Crippen molar-refractivity contribution in [2.75, 3.05) is 6.54 Å². The molecule has 1 saturated heterocycles. The van der Waals surface area contributed by atoms with Crippen LogP contribution in [-0.4, -0.2) is 33.4 Å². The lowest BCUT2D eigenvalue weighted by Crippen LogP contribution is -2.31. The molecule has 1 aliphatic heterocycles. The number of aromatic nitrogens is 1. The van der Waals surface area contributed by atoms with Crippen molar-refractivity contribution < 1.29 is 14.7 Å². The summed E-state index contributed by atoms with van der Waals surface area (Å²) < 4.78 is 0. The Hall–Kier alpha value is -1.91. The predicted molar refractivity (Wildman–Crippen MR) is 64.7 cm³/mol. The fourth-order valence-corrected chi connectivity index (χ4v) is 2.48. The van der Waals surface area contributed by atoms with Gasteiger partial charge in [-0.1, -0.05) is 13.0 Å². The smallest absolute Gasteiger partial charge is 0.309 e. The van der Waals surface area contributed by atoms with Gasteiger partial charge >= 0.3 is 5.97 Å². The fourth-order valence-electron chi connectivity index (χ4n) is 2.48. The number of nitrogens with zero attached hydrogens (tertiary/aromatic N) is 2. The molecule has 0 aliphatic carbocycles. The van der Waals surface area contributed by atoms with E-state index in [0.717, 1.165) is 12.0 Å². The van der Waals surface area contributed by atoms with Crippen LogP contribution in [0.4, 0.5) is 0 Å². The van der Waals surface area contributed by atoms with Crippen molar-refractivity contribution in [3.63, 3.8) is 0 Å². The van der Waals surface area contributed by atoms with Gasteiger partial charge in [-0.25, -0.2) is 0 Å². The van der Waals surface area contributed by atoms with E-state index in [1.807, 2.05) is 13.0 Å². The van der Waals surface area contributed by atoms with Crippen LogP contribution < -0.4 is 0 Å². The minimum absolute atomic E-state index is 0.0783. The number of rotatable bonds is 4. The van der Waals surface area contributed by atoms with E-state index in [1.165, 1.54) is 0 Å². The van der Waals surface area contributed by atoms with Gasteiger partial charge in [-0.3, -0.25) is 14.6 Å². The monoisotopic (exact) mass is 248 g/mol. The maximum absolute atomic E-state index is 11.9. The van der Waals surface area contributed by atoms with E-state index in [0.29, 0.717) is 6.54 Å². The fraction of sp³-hybridized carbons (Fsp3) is 0.462. The van der Waals surface area contributed by atoms with Crippen LogP contribution in [0.5, 0.6) is 0 Å². The predicted octanol–water partition coefficient (Wildman–Crippen LogP) is 1.47. The number of hydrogen-bond donors (Lipinski definition) is 1. The number of carbonyl (C=O) groups is 2. The van der Waals surface area contributed by atoms with E-state index in [4.69, 9.17) is 0 Å². The normalized spacial score (nSPS) is 23.4. The van der Waals surface area contributed by atoms with E-state index in [9.17, 15) is 14.7 Å². The minimum Gasteiger partial charge on any atom is -0.481 e. The second-order valence-electron chi connectivity index (χ2n) is 4.47. The number of aliphatic carboxylic acids is 1. The first-order chi connectivity index (χ1) is 8.65. The van der Waals surface area contributed by atoms with Crippen molar-refractivity contribution in [1.82, 2.24) is 9.88 Å². The molecule has 0 aromatic carbocycles. The van der Waals surface area contributed by atoms with E-state index in [2.05, 4.69) is 4.98 Å². The molecule has 2 atom stereocenters. The summed E-state index contributed by atoms with van der Waals surface area (Å²) in [5.74, 6) is -1.68. The highest BCUT2D eigenvalue weighted by atomic mass is 16.4. The molecule has 2 unspecified atom stereocenters. The summed E-state index contributed by atoms with van der Waals surface area (Å²) in [5.41, 5.74) is 0.796.